The lowest BCUT2D eigenvalue weighted by molar-refractivity contribution is 0.372. The van der Waals surface area contributed by atoms with Gasteiger partial charge in [-0.1, -0.05) is 28.6 Å². The third kappa shape index (κ3) is 3.35. The van der Waals surface area contributed by atoms with Gasteiger partial charge in [0, 0.05) is 17.4 Å². The third-order valence-corrected chi connectivity index (χ3v) is 3.01. The molecule has 0 amide bonds. The topological polar surface area (TPSA) is 12.5 Å². The first-order valence-corrected chi connectivity index (χ1v) is 6.26. The van der Waals surface area contributed by atoms with E-state index in [4.69, 9.17) is 4.74 Å². The molecular weight excluding hydrogens is 266 g/mol. The molecule has 0 saturated heterocycles. The standard InChI is InChI=1S/C13H18BrNO/c1-10(8-14)11-5-6-13(16-4)12(7-11)9-15(2)3/h5-7H,1,8-9H2,2-4H3. The smallest absolute Gasteiger partial charge is 0.123 e. The lowest BCUT2D eigenvalue weighted by Gasteiger charge is -2.15. The van der Waals surface area contributed by atoms with Crippen molar-refractivity contribution in [3.05, 3.63) is 35.9 Å². The summed E-state index contributed by atoms with van der Waals surface area (Å²) in [6.45, 7) is 4.89. The molecule has 0 fully saturated rings. The Bertz CT molecular complexity index is 374. The Morgan fingerprint density at radius 2 is 2.12 bits per heavy atom. The number of hydrogen-bond donors (Lipinski definition) is 0. The van der Waals surface area contributed by atoms with Crippen LogP contribution >= 0.6 is 15.9 Å². The molecule has 0 spiro atoms. The summed E-state index contributed by atoms with van der Waals surface area (Å²) in [5.41, 5.74) is 3.43. The molecule has 88 valence electrons. The number of ether oxygens (including phenoxy) is 1. The molecule has 1 aromatic carbocycles. The molecule has 3 heteroatoms. The van der Waals surface area contributed by atoms with Gasteiger partial charge in [0.2, 0.25) is 0 Å². The molecule has 0 aliphatic carbocycles. The number of methoxy groups -OCH3 is 1. The van der Waals surface area contributed by atoms with Crippen LogP contribution in [0.3, 0.4) is 0 Å². The number of allylic oxidation sites excluding steroid dienone is 1. The number of halogens is 1. The molecule has 0 bridgehead atoms. The Morgan fingerprint density at radius 1 is 1.44 bits per heavy atom. The zero-order valence-electron chi connectivity index (χ0n) is 10.1. The largest absolute Gasteiger partial charge is 0.496 e. The quantitative estimate of drug-likeness (QED) is 0.770. The summed E-state index contributed by atoms with van der Waals surface area (Å²) in [5, 5.41) is 0.792. The van der Waals surface area contributed by atoms with Crippen molar-refractivity contribution in [1.82, 2.24) is 4.90 Å². The molecule has 1 aromatic rings. The van der Waals surface area contributed by atoms with Crippen LogP contribution in [-0.2, 0) is 6.54 Å². The molecule has 0 aromatic heterocycles. The Labute approximate surface area is 106 Å². The molecule has 16 heavy (non-hydrogen) atoms. The van der Waals surface area contributed by atoms with Gasteiger partial charge >= 0.3 is 0 Å². The van der Waals surface area contributed by atoms with Crippen LogP contribution in [0.4, 0.5) is 0 Å². The summed E-state index contributed by atoms with van der Waals surface area (Å²) < 4.78 is 5.35. The van der Waals surface area contributed by atoms with Crippen LogP contribution in [0.25, 0.3) is 5.57 Å². The summed E-state index contributed by atoms with van der Waals surface area (Å²) in [5.74, 6) is 0.930. The lowest BCUT2D eigenvalue weighted by Crippen LogP contribution is -2.11. The minimum absolute atomic E-state index is 0.792. The van der Waals surface area contributed by atoms with Crippen molar-refractivity contribution in [2.24, 2.45) is 0 Å². The van der Waals surface area contributed by atoms with E-state index in [-0.39, 0.29) is 0 Å². The third-order valence-electron chi connectivity index (χ3n) is 2.34. The zero-order valence-corrected chi connectivity index (χ0v) is 11.7. The number of hydrogen-bond acceptors (Lipinski definition) is 2. The van der Waals surface area contributed by atoms with Gasteiger partial charge in [0.05, 0.1) is 7.11 Å². The van der Waals surface area contributed by atoms with Crippen molar-refractivity contribution in [2.75, 3.05) is 26.5 Å². The molecule has 0 saturated carbocycles. The van der Waals surface area contributed by atoms with E-state index in [9.17, 15) is 0 Å². The molecule has 0 heterocycles. The molecule has 0 N–H and O–H groups in total. The lowest BCUT2D eigenvalue weighted by atomic mass is 10.0. The second-order valence-corrected chi connectivity index (χ2v) is 4.56. The van der Waals surface area contributed by atoms with Gasteiger partial charge in [0.25, 0.3) is 0 Å². The maximum Gasteiger partial charge on any atom is 0.123 e. The number of alkyl halides is 1. The molecule has 1 rings (SSSR count). The SMILES string of the molecule is C=C(CBr)c1ccc(OC)c(CN(C)C)c1. The molecule has 0 radical (unpaired) electrons. The van der Waals surface area contributed by atoms with Crippen LogP contribution in [0.2, 0.25) is 0 Å². The van der Waals surface area contributed by atoms with Crippen molar-refractivity contribution < 1.29 is 4.74 Å². The Balaban J connectivity index is 3.05. The highest BCUT2D eigenvalue weighted by Crippen LogP contribution is 2.24. The van der Waals surface area contributed by atoms with Crippen LogP contribution in [0.15, 0.2) is 24.8 Å². The normalized spacial score (nSPS) is 10.6. The average Bonchev–Trinajstić information content (AvgIpc) is 2.27. The van der Waals surface area contributed by atoms with Crippen LogP contribution in [-0.4, -0.2) is 31.4 Å². The van der Waals surface area contributed by atoms with Gasteiger partial charge in [-0.15, -0.1) is 0 Å². The summed E-state index contributed by atoms with van der Waals surface area (Å²) >= 11 is 3.42. The second kappa shape index (κ2) is 6.06. The number of benzene rings is 1. The highest BCUT2D eigenvalue weighted by Gasteiger charge is 2.06. The van der Waals surface area contributed by atoms with E-state index in [1.807, 2.05) is 26.2 Å². The molecule has 2 nitrogen and oxygen atoms in total. The van der Waals surface area contributed by atoms with E-state index in [1.165, 1.54) is 5.56 Å². The first-order valence-electron chi connectivity index (χ1n) is 5.14. The minimum Gasteiger partial charge on any atom is -0.496 e. The van der Waals surface area contributed by atoms with E-state index in [2.05, 4.69) is 33.5 Å². The van der Waals surface area contributed by atoms with Gasteiger partial charge in [0.1, 0.15) is 5.75 Å². The summed E-state index contributed by atoms with van der Waals surface area (Å²) in [6.07, 6.45) is 0. The van der Waals surface area contributed by atoms with E-state index in [1.54, 1.807) is 7.11 Å². The fourth-order valence-electron chi connectivity index (χ4n) is 1.54. The molecule has 0 aliphatic rings. The van der Waals surface area contributed by atoms with Gasteiger partial charge in [-0.25, -0.2) is 0 Å². The molecule has 0 aliphatic heterocycles. The van der Waals surface area contributed by atoms with Gasteiger partial charge in [-0.2, -0.15) is 0 Å². The first-order chi connectivity index (χ1) is 7.58. The van der Waals surface area contributed by atoms with E-state index in [0.717, 1.165) is 28.8 Å². The zero-order chi connectivity index (χ0) is 12.1. The average molecular weight is 284 g/mol. The van der Waals surface area contributed by atoms with Crippen molar-refractivity contribution in [3.63, 3.8) is 0 Å². The molecule has 0 unspecified atom stereocenters. The molecule has 0 atom stereocenters. The summed E-state index contributed by atoms with van der Waals surface area (Å²) in [4.78, 5) is 2.12. The second-order valence-electron chi connectivity index (χ2n) is 4.00. The van der Waals surface area contributed by atoms with Gasteiger partial charge in [-0.3, -0.25) is 0 Å². The van der Waals surface area contributed by atoms with Gasteiger partial charge in [0.15, 0.2) is 0 Å². The number of nitrogens with zero attached hydrogens (tertiary/aromatic N) is 1. The van der Waals surface area contributed by atoms with Crippen LogP contribution in [0.5, 0.6) is 5.75 Å². The summed E-state index contributed by atoms with van der Waals surface area (Å²) in [7, 11) is 5.80. The Hall–Kier alpha value is -0.800. The van der Waals surface area contributed by atoms with E-state index < -0.39 is 0 Å². The highest BCUT2D eigenvalue weighted by atomic mass is 79.9. The van der Waals surface area contributed by atoms with Crippen molar-refractivity contribution in [1.29, 1.82) is 0 Å². The fourth-order valence-corrected chi connectivity index (χ4v) is 1.86. The Kier molecular flexibility index (Phi) is 5.03. The van der Waals surface area contributed by atoms with Crippen LogP contribution < -0.4 is 4.74 Å². The fraction of sp³-hybridized carbons (Fsp3) is 0.385. The predicted molar refractivity (Wildman–Crippen MR) is 73.2 cm³/mol. The maximum absolute atomic E-state index is 5.35. The first kappa shape index (κ1) is 13.3. The minimum atomic E-state index is 0.792. The van der Waals surface area contributed by atoms with Crippen LogP contribution in [0, 0.1) is 0 Å². The predicted octanol–water partition coefficient (Wildman–Crippen LogP) is 3.16. The monoisotopic (exact) mass is 283 g/mol. The maximum atomic E-state index is 5.35. The highest BCUT2D eigenvalue weighted by molar-refractivity contribution is 9.09. The van der Waals surface area contributed by atoms with Crippen LogP contribution in [0.1, 0.15) is 11.1 Å². The van der Waals surface area contributed by atoms with Crippen molar-refractivity contribution in [2.45, 2.75) is 6.54 Å². The van der Waals surface area contributed by atoms with Gasteiger partial charge in [-0.05, 0) is 37.4 Å². The molecular formula is C13H18BrNO. The van der Waals surface area contributed by atoms with E-state index in [0.29, 0.717) is 0 Å². The summed E-state index contributed by atoms with van der Waals surface area (Å²) in [6, 6.07) is 6.19. The van der Waals surface area contributed by atoms with Gasteiger partial charge < -0.3 is 9.64 Å². The van der Waals surface area contributed by atoms with Crippen molar-refractivity contribution in [3.8, 4) is 5.75 Å². The van der Waals surface area contributed by atoms with Crippen molar-refractivity contribution >= 4 is 21.5 Å². The van der Waals surface area contributed by atoms with E-state index >= 15 is 0 Å². The number of rotatable bonds is 5. The Morgan fingerprint density at radius 3 is 2.62 bits per heavy atom.